The second-order valence-electron chi connectivity index (χ2n) is 5.04. The molecule has 2 rings (SSSR count). The van der Waals surface area contributed by atoms with Crippen LogP contribution in [-0.4, -0.2) is 44.3 Å². The van der Waals surface area contributed by atoms with Crippen LogP contribution in [0, 0.1) is 6.92 Å². The summed E-state index contributed by atoms with van der Waals surface area (Å²) in [5, 5.41) is 12.9. The second-order valence-corrected chi connectivity index (χ2v) is 8.11. The molecule has 0 bridgehead atoms. The first kappa shape index (κ1) is 15.8. The lowest BCUT2D eigenvalue weighted by atomic mass is 10.1. The minimum atomic E-state index is -3.21. The molecule has 2 unspecified atom stereocenters. The number of halogens is 1. The van der Waals surface area contributed by atoms with E-state index in [0.717, 1.165) is 15.6 Å². The van der Waals surface area contributed by atoms with Crippen LogP contribution in [0.2, 0.25) is 0 Å². The summed E-state index contributed by atoms with van der Waals surface area (Å²) >= 11 is 3.43. The van der Waals surface area contributed by atoms with Crippen LogP contribution in [0.3, 0.4) is 0 Å². The summed E-state index contributed by atoms with van der Waals surface area (Å²) in [5.41, 5.74) is 1.83. The van der Waals surface area contributed by atoms with Crippen molar-refractivity contribution in [1.82, 2.24) is 5.32 Å². The maximum Gasteiger partial charge on any atom is 0.156 e. The molecular weight excluding hydrogens is 346 g/mol. The smallest absolute Gasteiger partial charge is 0.156 e. The highest BCUT2D eigenvalue weighted by Gasteiger charge is 2.38. The van der Waals surface area contributed by atoms with Crippen LogP contribution >= 0.6 is 15.9 Å². The van der Waals surface area contributed by atoms with Crippen LogP contribution in [0.1, 0.15) is 11.1 Å². The van der Waals surface area contributed by atoms with Crippen LogP contribution in [0.5, 0.6) is 5.75 Å². The zero-order valence-corrected chi connectivity index (χ0v) is 13.8. The zero-order chi connectivity index (χ0) is 14.9. The van der Waals surface area contributed by atoms with Crippen molar-refractivity contribution < 1.29 is 18.3 Å². The van der Waals surface area contributed by atoms with Gasteiger partial charge in [-0.05, 0) is 31.7 Å². The first-order valence-corrected chi connectivity index (χ1v) is 8.92. The van der Waals surface area contributed by atoms with Crippen LogP contribution in [0.25, 0.3) is 0 Å². The maximum atomic E-state index is 11.5. The number of benzene rings is 1. The summed E-state index contributed by atoms with van der Waals surface area (Å²) < 4.78 is 29.8. The average Bonchev–Trinajstić information content (AvgIpc) is 2.57. The molecule has 1 aromatic carbocycles. The molecule has 1 aliphatic rings. The van der Waals surface area contributed by atoms with E-state index in [4.69, 9.17) is 4.74 Å². The molecule has 1 fully saturated rings. The summed E-state index contributed by atoms with van der Waals surface area (Å²) in [6.07, 6.45) is -1.67. The number of sulfone groups is 1. The van der Waals surface area contributed by atoms with E-state index < -0.39 is 22.0 Å². The van der Waals surface area contributed by atoms with E-state index in [1.807, 2.05) is 26.1 Å². The Hall–Kier alpha value is -0.630. The Morgan fingerprint density at radius 1 is 1.45 bits per heavy atom. The predicted octanol–water partition coefficient (Wildman–Crippen LogP) is 1.01. The molecule has 0 aliphatic carbocycles. The van der Waals surface area contributed by atoms with E-state index in [1.54, 1.807) is 0 Å². The van der Waals surface area contributed by atoms with Gasteiger partial charge in [0.2, 0.25) is 0 Å². The Morgan fingerprint density at radius 2 is 2.15 bits per heavy atom. The van der Waals surface area contributed by atoms with Gasteiger partial charge in [0.05, 0.1) is 11.5 Å². The number of hydrogen-bond donors (Lipinski definition) is 2. The second kappa shape index (κ2) is 6.01. The quantitative estimate of drug-likeness (QED) is 0.834. The highest BCUT2D eigenvalue weighted by atomic mass is 79.9. The van der Waals surface area contributed by atoms with Gasteiger partial charge >= 0.3 is 0 Å². The van der Waals surface area contributed by atoms with Gasteiger partial charge in [-0.3, -0.25) is 0 Å². The maximum absolute atomic E-state index is 11.5. The molecular formula is C13H18BrNO4S. The molecule has 20 heavy (non-hydrogen) atoms. The fourth-order valence-corrected chi connectivity index (χ4v) is 4.63. The topological polar surface area (TPSA) is 75.6 Å². The monoisotopic (exact) mass is 363 g/mol. The van der Waals surface area contributed by atoms with E-state index in [2.05, 4.69) is 21.2 Å². The zero-order valence-electron chi connectivity index (χ0n) is 11.4. The summed E-state index contributed by atoms with van der Waals surface area (Å²) in [7, 11) is -1.38. The molecule has 1 saturated heterocycles. The van der Waals surface area contributed by atoms with Gasteiger partial charge in [0.25, 0.3) is 0 Å². The van der Waals surface area contributed by atoms with Gasteiger partial charge in [0.1, 0.15) is 18.0 Å². The Balaban J connectivity index is 2.29. The molecule has 0 radical (unpaired) electrons. The minimum absolute atomic E-state index is 0.136. The summed E-state index contributed by atoms with van der Waals surface area (Å²) in [6.45, 7) is 2.50. The van der Waals surface area contributed by atoms with Crippen molar-refractivity contribution in [2.75, 3.05) is 18.6 Å². The Kier molecular flexibility index (Phi) is 4.73. The molecule has 1 aliphatic heterocycles. The largest absolute Gasteiger partial charge is 0.486 e. The minimum Gasteiger partial charge on any atom is -0.486 e. The third-order valence-electron chi connectivity index (χ3n) is 3.22. The molecule has 0 saturated carbocycles. The van der Waals surface area contributed by atoms with E-state index >= 15 is 0 Å². The predicted molar refractivity (Wildman–Crippen MR) is 80.7 cm³/mol. The van der Waals surface area contributed by atoms with Crippen LogP contribution in [0.15, 0.2) is 16.6 Å². The lowest BCUT2D eigenvalue weighted by molar-refractivity contribution is 0.0726. The van der Waals surface area contributed by atoms with E-state index in [-0.39, 0.29) is 11.5 Å². The Morgan fingerprint density at radius 3 is 2.70 bits per heavy atom. The number of ether oxygens (including phenoxy) is 1. The molecule has 7 heteroatoms. The van der Waals surface area contributed by atoms with Gasteiger partial charge in [-0.15, -0.1) is 0 Å². The van der Waals surface area contributed by atoms with Gasteiger partial charge in [0, 0.05) is 16.6 Å². The molecule has 0 amide bonds. The SMILES string of the molecule is CNCc1cc(Br)cc(C)c1OC1CS(=O)(=O)CC1O. The molecule has 0 spiro atoms. The fraction of sp³-hybridized carbons (Fsp3) is 0.538. The van der Waals surface area contributed by atoms with Gasteiger partial charge in [0.15, 0.2) is 9.84 Å². The van der Waals surface area contributed by atoms with E-state index in [1.165, 1.54) is 0 Å². The van der Waals surface area contributed by atoms with E-state index in [0.29, 0.717) is 12.3 Å². The first-order chi connectivity index (χ1) is 9.32. The summed E-state index contributed by atoms with van der Waals surface area (Å²) in [6, 6.07) is 3.83. The Labute approximate surface area is 127 Å². The number of rotatable bonds is 4. The number of aliphatic hydroxyl groups excluding tert-OH is 1. The molecule has 2 atom stereocenters. The number of aryl methyl sites for hydroxylation is 1. The van der Waals surface area contributed by atoms with Crippen LogP contribution in [0.4, 0.5) is 0 Å². The molecule has 112 valence electrons. The Bertz CT molecular complexity index is 603. The average molecular weight is 364 g/mol. The van der Waals surface area contributed by atoms with Crippen molar-refractivity contribution in [2.24, 2.45) is 0 Å². The highest BCUT2D eigenvalue weighted by Crippen LogP contribution is 2.30. The molecule has 2 N–H and O–H groups in total. The van der Waals surface area contributed by atoms with Crippen LogP contribution < -0.4 is 10.1 Å². The van der Waals surface area contributed by atoms with Gasteiger partial charge in [-0.2, -0.15) is 0 Å². The fourth-order valence-electron chi connectivity index (χ4n) is 2.35. The molecule has 1 aromatic rings. The third kappa shape index (κ3) is 3.52. The van der Waals surface area contributed by atoms with Gasteiger partial charge in [-0.1, -0.05) is 15.9 Å². The number of hydrogen-bond acceptors (Lipinski definition) is 5. The van der Waals surface area contributed by atoms with Crippen molar-refractivity contribution in [3.8, 4) is 5.75 Å². The highest BCUT2D eigenvalue weighted by molar-refractivity contribution is 9.10. The molecule has 0 aromatic heterocycles. The number of aliphatic hydroxyl groups is 1. The lowest BCUT2D eigenvalue weighted by Crippen LogP contribution is -2.30. The van der Waals surface area contributed by atoms with Crippen molar-refractivity contribution in [2.45, 2.75) is 25.7 Å². The van der Waals surface area contributed by atoms with Gasteiger partial charge < -0.3 is 15.2 Å². The van der Waals surface area contributed by atoms with Gasteiger partial charge in [-0.25, -0.2) is 8.42 Å². The molecule has 1 heterocycles. The van der Waals surface area contributed by atoms with Crippen molar-refractivity contribution in [3.63, 3.8) is 0 Å². The lowest BCUT2D eigenvalue weighted by Gasteiger charge is -2.20. The number of nitrogens with one attached hydrogen (secondary N) is 1. The normalized spacial score (nSPS) is 24.8. The van der Waals surface area contributed by atoms with Crippen LogP contribution in [-0.2, 0) is 16.4 Å². The van der Waals surface area contributed by atoms with Crippen molar-refractivity contribution >= 4 is 25.8 Å². The third-order valence-corrected chi connectivity index (χ3v) is 5.37. The molecule has 5 nitrogen and oxygen atoms in total. The van der Waals surface area contributed by atoms with Crippen molar-refractivity contribution in [1.29, 1.82) is 0 Å². The van der Waals surface area contributed by atoms with Crippen molar-refractivity contribution in [3.05, 3.63) is 27.7 Å². The summed E-state index contributed by atoms with van der Waals surface area (Å²) in [5.74, 6) is 0.278. The standard InChI is InChI=1S/C13H18BrNO4S/c1-8-3-10(14)4-9(5-15-2)13(8)19-12-7-20(17,18)6-11(12)16/h3-4,11-12,15-16H,5-7H2,1-2H3. The van der Waals surface area contributed by atoms with E-state index in [9.17, 15) is 13.5 Å². The summed E-state index contributed by atoms with van der Waals surface area (Å²) in [4.78, 5) is 0. The first-order valence-electron chi connectivity index (χ1n) is 6.31.